The molecule has 0 radical (unpaired) electrons. The van der Waals surface area contributed by atoms with E-state index in [9.17, 15) is 9.59 Å². The summed E-state index contributed by atoms with van der Waals surface area (Å²) >= 11 is 13.4. The van der Waals surface area contributed by atoms with Gasteiger partial charge >= 0.3 is 5.69 Å². The van der Waals surface area contributed by atoms with Crippen molar-refractivity contribution in [3.05, 3.63) is 86.5 Å². The molecule has 0 bridgehead atoms. The number of anilines is 1. The second-order valence-electron chi connectivity index (χ2n) is 6.79. The Morgan fingerprint density at radius 1 is 1.13 bits per heavy atom. The maximum atomic E-state index is 12.7. The van der Waals surface area contributed by atoms with Gasteiger partial charge in [0.15, 0.2) is 5.65 Å². The number of nitrogens with zero attached hydrogens (tertiary/aromatic N) is 4. The van der Waals surface area contributed by atoms with Crippen LogP contribution in [-0.4, -0.2) is 25.1 Å². The average molecular weight is 474 g/mol. The van der Waals surface area contributed by atoms with Crippen LogP contribution >= 0.6 is 35.0 Å². The summed E-state index contributed by atoms with van der Waals surface area (Å²) in [4.78, 5) is 29.6. The lowest BCUT2D eigenvalue weighted by molar-refractivity contribution is -0.117. The van der Waals surface area contributed by atoms with E-state index in [1.807, 2.05) is 37.3 Å². The number of amides is 1. The predicted octanol–water partition coefficient (Wildman–Crippen LogP) is 4.44. The van der Waals surface area contributed by atoms with Crippen LogP contribution in [0.2, 0.25) is 10.0 Å². The molecule has 10 heteroatoms. The van der Waals surface area contributed by atoms with Crippen LogP contribution < -0.4 is 11.0 Å². The predicted molar refractivity (Wildman–Crippen MR) is 123 cm³/mol. The standard InChI is InChI=1S/C21H17Cl2N5O2S/c1-13-2-5-16(23)10-17(13)25-18(29)11-28-21(30)27-9-8-24-20(19(27)26-28)31-12-14-3-6-15(22)7-4-14/h2-10H,11-12H2,1H3,(H,25,29). The fourth-order valence-electron chi connectivity index (χ4n) is 2.92. The minimum atomic E-state index is -0.413. The van der Waals surface area contributed by atoms with E-state index in [0.717, 1.165) is 15.8 Å². The zero-order valence-electron chi connectivity index (χ0n) is 16.4. The van der Waals surface area contributed by atoms with Crippen molar-refractivity contribution in [2.75, 3.05) is 5.32 Å². The quantitative estimate of drug-likeness (QED) is 0.418. The highest BCUT2D eigenvalue weighted by Crippen LogP contribution is 2.24. The van der Waals surface area contributed by atoms with Gasteiger partial charge in [-0.05, 0) is 42.3 Å². The van der Waals surface area contributed by atoms with E-state index in [4.69, 9.17) is 23.2 Å². The molecule has 2 aromatic carbocycles. The summed E-state index contributed by atoms with van der Waals surface area (Å²) in [6.07, 6.45) is 3.08. The number of halogens is 2. The fourth-order valence-corrected chi connectivity index (χ4v) is 4.12. The highest BCUT2D eigenvalue weighted by Gasteiger charge is 2.15. The van der Waals surface area contributed by atoms with Crippen molar-refractivity contribution < 1.29 is 4.79 Å². The lowest BCUT2D eigenvalue weighted by Gasteiger charge is -2.08. The summed E-state index contributed by atoms with van der Waals surface area (Å²) in [6, 6.07) is 12.7. The van der Waals surface area contributed by atoms with Gasteiger partial charge in [0.1, 0.15) is 11.6 Å². The van der Waals surface area contributed by atoms with Crippen molar-refractivity contribution in [2.45, 2.75) is 24.2 Å². The number of aryl methyl sites for hydroxylation is 1. The normalized spacial score (nSPS) is 11.1. The molecule has 0 aliphatic heterocycles. The molecule has 0 atom stereocenters. The Hall–Kier alpha value is -2.81. The lowest BCUT2D eigenvalue weighted by atomic mass is 10.2. The second-order valence-corrected chi connectivity index (χ2v) is 8.63. The second kappa shape index (κ2) is 9.13. The maximum Gasteiger partial charge on any atom is 0.350 e. The first-order valence-corrected chi connectivity index (χ1v) is 11.0. The molecule has 0 saturated heterocycles. The number of benzene rings is 2. The number of carbonyl (C=O) groups excluding carboxylic acids is 1. The van der Waals surface area contributed by atoms with Gasteiger partial charge in [-0.3, -0.25) is 4.79 Å². The van der Waals surface area contributed by atoms with Gasteiger partial charge < -0.3 is 5.32 Å². The molecule has 0 aliphatic carbocycles. The van der Waals surface area contributed by atoms with Crippen molar-refractivity contribution in [3.63, 3.8) is 0 Å². The number of aromatic nitrogens is 4. The molecule has 1 amide bonds. The summed E-state index contributed by atoms with van der Waals surface area (Å²) in [5.74, 6) is 0.263. The zero-order chi connectivity index (χ0) is 22.0. The minimum Gasteiger partial charge on any atom is -0.324 e. The van der Waals surface area contributed by atoms with Crippen LogP contribution in [0.1, 0.15) is 11.1 Å². The molecule has 4 aromatic rings. The first kappa shape index (κ1) is 21.4. The first-order valence-electron chi connectivity index (χ1n) is 9.28. The number of fused-ring (bicyclic) bond motifs is 1. The van der Waals surface area contributed by atoms with Crippen LogP contribution in [-0.2, 0) is 17.1 Å². The maximum absolute atomic E-state index is 12.7. The third-order valence-electron chi connectivity index (χ3n) is 4.53. The molecule has 4 rings (SSSR count). The Bertz CT molecular complexity index is 1320. The monoisotopic (exact) mass is 473 g/mol. The van der Waals surface area contributed by atoms with Crippen molar-refractivity contribution >= 4 is 52.2 Å². The van der Waals surface area contributed by atoms with Crippen LogP contribution in [0.15, 0.2) is 64.7 Å². The Labute approximate surface area is 192 Å². The molecule has 158 valence electrons. The molecule has 0 saturated carbocycles. The molecule has 0 aliphatic rings. The number of hydrogen-bond acceptors (Lipinski definition) is 5. The highest BCUT2D eigenvalue weighted by molar-refractivity contribution is 7.98. The van der Waals surface area contributed by atoms with E-state index in [-0.39, 0.29) is 12.5 Å². The van der Waals surface area contributed by atoms with Gasteiger partial charge in [0, 0.05) is 33.9 Å². The lowest BCUT2D eigenvalue weighted by Crippen LogP contribution is -2.28. The number of nitrogens with one attached hydrogen (secondary N) is 1. The Kier molecular flexibility index (Phi) is 6.31. The largest absolute Gasteiger partial charge is 0.350 e. The van der Waals surface area contributed by atoms with Gasteiger partial charge in [-0.1, -0.05) is 53.2 Å². The van der Waals surface area contributed by atoms with Crippen LogP contribution in [0.3, 0.4) is 0 Å². The van der Waals surface area contributed by atoms with Crippen molar-refractivity contribution in [2.24, 2.45) is 0 Å². The molecule has 2 heterocycles. The molecule has 31 heavy (non-hydrogen) atoms. The van der Waals surface area contributed by atoms with E-state index in [1.54, 1.807) is 18.3 Å². The van der Waals surface area contributed by atoms with Crippen LogP contribution in [0.5, 0.6) is 0 Å². The summed E-state index contributed by atoms with van der Waals surface area (Å²) in [7, 11) is 0. The van der Waals surface area contributed by atoms with E-state index < -0.39 is 5.69 Å². The molecule has 0 spiro atoms. The smallest absolute Gasteiger partial charge is 0.324 e. The number of rotatable bonds is 6. The van der Waals surface area contributed by atoms with E-state index in [0.29, 0.717) is 32.2 Å². The Morgan fingerprint density at radius 2 is 1.87 bits per heavy atom. The van der Waals surface area contributed by atoms with Crippen molar-refractivity contribution in [1.82, 2.24) is 19.2 Å². The van der Waals surface area contributed by atoms with Crippen molar-refractivity contribution in [1.29, 1.82) is 0 Å². The van der Waals surface area contributed by atoms with E-state index in [1.165, 1.54) is 22.4 Å². The molecule has 1 N–H and O–H groups in total. The van der Waals surface area contributed by atoms with Gasteiger partial charge in [0.2, 0.25) is 5.91 Å². The molecule has 2 aromatic heterocycles. The molecule has 0 unspecified atom stereocenters. The molecule has 7 nitrogen and oxygen atoms in total. The van der Waals surface area contributed by atoms with Crippen molar-refractivity contribution in [3.8, 4) is 0 Å². The molecular weight excluding hydrogens is 457 g/mol. The first-order chi connectivity index (χ1) is 14.9. The number of thioether (sulfide) groups is 1. The van der Waals surface area contributed by atoms with Gasteiger partial charge in [-0.25, -0.2) is 18.9 Å². The van der Waals surface area contributed by atoms with Gasteiger partial charge in [0.05, 0.1) is 0 Å². The van der Waals surface area contributed by atoms with Crippen LogP contribution in [0.4, 0.5) is 5.69 Å². The third kappa shape index (κ3) is 4.92. The molecule has 0 fully saturated rings. The van der Waals surface area contributed by atoms with E-state index in [2.05, 4.69) is 15.4 Å². The Morgan fingerprint density at radius 3 is 2.65 bits per heavy atom. The number of hydrogen-bond donors (Lipinski definition) is 1. The minimum absolute atomic E-state index is 0.228. The topological polar surface area (TPSA) is 81.3 Å². The van der Waals surface area contributed by atoms with Crippen LogP contribution in [0.25, 0.3) is 5.65 Å². The SMILES string of the molecule is Cc1ccc(Cl)cc1NC(=O)Cn1nc2c(SCc3ccc(Cl)cc3)nccn2c1=O. The molecular formula is C21H17Cl2N5O2S. The summed E-state index contributed by atoms with van der Waals surface area (Å²) in [5, 5.41) is 8.89. The zero-order valence-corrected chi connectivity index (χ0v) is 18.7. The van der Waals surface area contributed by atoms with Crippen LogP contribution in [0, 0.1) is 6.92 Å². The summed E-state index contributed by atoms with van der Waals surface area (Å²) in [5.41, 5.74) is 2.51. The highest BCUT2D eigenvalue weighted by atomic mass is 35.5. The third-order valence-corrected chi connectivity index (χ3v) is 6.05. The number of carbonyl (C=O) groups is 1. The van der Waals surface area contributed by atoms with Gasteiger partial charge in [-0.15, -0.1) is 5.10 Å². The van der Waals surface area contributed by atoms with Gasteiger partial charge in [-0.2, -0.15) is 0 Å². The summed E-state index contributed by atoms with van der Waals surface area (Å²) in [6.45, 7) is 1.63. The summed E-state index contributed by atoms with van der Waals surface area (Å²) < 4.78 is 2.51. The average Bonchev–Trinajstić information content (AvgIpc) is 3.06. The Balaban J connectivity index is 1.53. The van der Waals surface area contributed by atoms with Gasteiger partial charge in [0.25, 0.3) is 0 Å². The van der Waals surface area contributed by atoms with E-state index >= 15 is 0 Å². The fraction of sp³-hybridized carbons (Fsp3) is 0.143.